The topological polar surface area (TPSA) is 62.3 Å². The Balaban J connectivity index is 1.73. The molecule has 2 fully saturated rings. The van der Waals surface area contributed by atoms with Gasteiger partial charge in [-0.1, -0.05) is 0 Å². The molecule has 0 bridgehead atoms. The summed E-state index contributed by atoms with van der Waals surface area (Å²) in [5.74, 6) is 0.335. The molecule has 1 atom stereocenters. The first-order valence-corrected chi connectivity index (χ1v) is 6.63. The number of amides is 2. The van der Waals surface area contributed by atoms with Crippen LogP contribution in [0.25, 0.3) is 0 Å². The fourth-order valence-corrected chi connectivity index (χ4v) is 2.67. The molecule has 1 saturated heterocycles. The van der Waals surface area contributed by atoms with E-state index in [-0.39, 0.29) is 24.4 Å². The summed E-state index contributed by atoms with van der Waals surface area (Å²) in [4.78, 5) is 29.5. The van der Waals surface area contributed by atoms with Crippen LogP contribution in [0.3, 0.4) is 0 Å². The van der Waals surface area contributed by atoms with E-state index < -0.39 is 0 Å². The van der Waals surface area contributed by atoms with Gasteiger partial charge in [-0.3, -0.25) is 9.59 Å². The first-order valence-electron chi connectivity index (χ1n) is 5.69. The minimum atomic E-state index is -0.296. The van der Waals surface area contributed by atoms with Crippen LogP contribution in [0, 0.1) is 5.92 Å². The van der Waals surface area contributed by atoms with E-state index in [0.717, 1.165) is 18.5 Å². The molecule has 1 N–H and O–H groups in total. The third-order valence-electron chi connectivity index (χ3n) is 3.16. The lowest BCUT2D eigenvalue weighted by Gasteiger charge is -2.32. The summed E-state index contributed by atoms with van der Waals surface area (Å²) in [7, 11) is 0. The molecule has 90 valence electrons. The van der Waals surface area contributed by atoms with Crippen molar-refractivity contribution in [1.82, 2.24) is 15.2 Å². The Morgan fingerprint density at radius 3 is 2.94 bits per heavy atom. The maximum atomic E-state index is 12.2. The molecule has 1 saturated carbocycles. The molecular weight excluding hydrogens is 238 g/mol. The van der Waals surface area contributed by atoms with E-state index in [1.807, 2.05) is 5.38 Å². The van der Waals surface area contributed by atoms with Crippen molar-refractivity contribution in [2.75, 3.05) is 6.54 Å². The van der Waals surface area contributed by atoms with Crippen LogP contribution >= 0.6 is 11.3 Å². The number of aromatic nitrogens is 1. The predicted molar refractivity (Wildman–Crippen MR) is 62.2 cm³/mol. The molecule has 2 amide bonds. The van der Waals surface area contributed by atoms with E-state index in [4.69, 9.17) is 0 Å². The molecule has 3 rings (SSSR count). The molecule has 1 aromatic rings. The molecule has 0 radical (unpaired) electrons. The van der Waals surface area contributed by atoms with Gasteiger partial charge in [-0.05, 0) is 18.8 Å². The summed E-state index contributed by atoms with van der Waals surface area (Å²) in [5.41, 5.74) is 2.59. The molecule has 1 unspecified atom stereocenters. The highest BCUT2D eigenvalue weighted by molar-refractivity contribution is 7.07. The number of piperazine rings is 1. The lowest BCUT2D eigenvalue weighted by atomic mass is 10.1. The van der Waals surface area contributed by atoms with Crippen molar-refractivity contribution in [3.05, 3.63) is 16.6 Å². The summed E-state index contributed by atoms with van der Waals surface area (Å²) in [6, 6.07) is -0.296. The number of nitrogens with one attached hydrogen (secondary N) is 1. The molecule has 2 aliphatic rings. The molecule has 1 aromatic heterocycles. The van der Waals surface area contributed by atoms with Crippen molar-refractivity contribution in [1.29, 1.82) is 0 Å². The average Bonchev–Trinajstić information content (AvgIpc) is 3.02. The minimum Gasteiger partial charge on any atom is -0.342 e. The zero-order valence-electron chi connectivity index (χ0n) is 9.26. The first kappa shape index (κ1) is 10.7. The number of hydrogen-bond acceptors (Lipinski definition) is 4. The number of rotatable bonds is 3. The van der Waals surface area contributed by atoms with E-state index in [0.29, 0.717) is 12.5 Å². The third-order valence-corrected chi connectivity index (χ3v) is 3.79. The quantitative estimate of drug-likeness (QED) is 0.844. The van der Waals surface area contributed by atoms with Gasteiger partial charge in [0.05, 0.1) is 17.7 Å². The van der Waals surface area contributed by atoms with E-state index in [1.165, 1.54) is 11.3 Å². The van der Waals surface area contributed by atoms with Crippen molar-refractivity contribution in [2.24, 2.45) is 5.92 Å². The Labute approximate surface area is 103 Å². The normalized spacial score (nSPS) is 24.9. The lowest BCUT2D eigenvalue weighted by molar-refractivity contribution is -0.145. The minimum absolute atomic E-state index is 0.0418. The van der Waals surface area contributed by atoms with Gasteiger partial charge in [0.25, 0.3) is 0 Å². The predicted octanol–water partition coefficient (Wildman–Crippen LogP) is 0.380. The number of hydrogen-bond donors (Lipinski definition) is 1. The fourth-order valence-electron chi connectivity index (χ4n) is 2.12. The van der Waals surface area contributed by atoms with Gasteiger partial charge in [0.1, 0.15) is 12.6 Å². The van der Waals surface area contributed by atoms with Crippen LogP contribution in [0.2, 0.25) is 0 Å². The second-order valence-electron chi connectivity index (χ2n) is 4.56. The first-order chi connectivity index (χ1) is 8.24. The second-order valence-corrected chi connectivity index (χ2v) is 5.28. The largest absolute Gasteiger partial charge is 0.342 e. The Morgan fingerprint density at radius 1 is 1.47 bits per heavy atom. The van der Waals surface area contributed by atoms with Crippen molar-refractivity contribution >= 4 is 23.2 Å². The fraction of sp³-hybridized carbons (Fsp3) is 0.545. The molecule has 0 spiro atoms. The Hall–Kier alpha value is -1.43. The van der Waals surface area contributed by atoms with Crippen LogP contribution in [-0.2, 0) is 16.1 Å². The molecule has 17 heavy (non-hydrogen) atoms. The van der Waals surface area contributed by atoms with E-state index >= 15 is 0 Å². The van der Waals surface area contributed by atoms with Gasteiger partial charge in [-0.25, -0.2) is 4.98 Å². The van der Waals surface area contributed by atoms with Crippen LogP contribution in [-0.4, -0.2) is 34.3 Å². The Morgan fingerprint density at radius 2 is 2.29 bits per heavy atom. The maximum Gasteiger partial charge on any atom is 0.246 e. The third kappa shape index (κ3) is 2.17. The van der Waals surface area contributed by atoms with E-state index in [1.54, 1.807) is 10.4 Å². The maximum absolute atomic E-state index is 12.2. The molecule has 6 heteroatoms. The molecule has 5 nitrogen and oxygen atoms in total. The van der Waals surface area contributed by atoms with Gasteiger partial charge in [0.15, 0.2) is 0 Å². The number of nitrogens with zero attached hydrogens (tertiary/aromatic N) is 2. The van der Waals surface area contributed by atoms with Crippen molar-refractivity contribution < 1.29 is 9.59 Å². The smallest absolute Gasteiger partial charge is 0.246 e. The molecule has 2 heterocycles. The highest BCUT2D eigenvalue weighted by Gasteiger charge is 2.42. The van der Waals surface area contributed by atoms with E-state index in [2.05, 4.69) is 10.3 Å². The van der Waals surface area contributed by atoms with Crippen molar-refractivity contribution in [3.63, 3.8) is 0 Å². The zero-order valence-corrected chi connectivity index (χ0v) is 10.1. The highest BCUT2D eigenvalue weighted by Crippen LogP contribution is 2.34. The molecule has 1 aliphatic carbocycles. The number of carbonyl (C=O) groups excluding carboxylic acids is 2. The van der Waals surface area contributed by atoms with Gasteiger partial charge < -0.3 is 10.2 Å². The van der Waals surface area contributed by atoms with Gasteiger partial charge >= 0.3 is 0 Å². The van der Waals surface area contributed by atoms with Crippen LogP contribution in [0.1, 0.15) is 18.5 Å². The van der Waals surface area contributed by atoms with Gasteiger partial charge in [-0.2, -0.15) is 0 Å². The summed E-state index contributed by atoms with van der Waals surface area (Å²) in [5, 5.41) is 4.70. The van der Waals surface area contributed by atoms with Crippen LogP contribution in [0.5, 0.6) is 0 Å². The number of carbonyl (C=O) groups is 2. The Kier molecular flexibility index (Phi) is 2.58. The van der Waals surface area contributed by atoms with Gasteiger partial charge in [0.2, 0.25) is 11.8 Å². The van der Waals surface area contributed by atoms with Crippen molar-refractivity contribution in [3.8, 4) is 0 Å². The zero-order chi connectivity index (χ0) is 11.8. The van der Waals surface area contributed by atoms with Crippen LogP contribution in [0.4, 0.5) is 0 Å². The molecule has 0 aromatic carbocycles. The highest BCUT2D eigenvalue weighted by atomic mass is 32.1. The van der Waals surface area contributed by atoms with Gasteiger partial charge in [-0.15, -0.1) is 11.3 Å². The van der Waals surface area contributed by atoms with Gasteiger partial charge in [0, 0.05) is 5.38 Å². The van der Waals surface area contributed by atoms with E-state index in [9.17, 15) is 9.59 Å². The van der Waals surface area contributed by atoms with Crippen molar-refractivity contribution in [2.45, 2.75) is 25.4 Å². The van der Waals surface area contributed by atoms with Crippen LogP contribution in [0.15, 0.2) is 10.9 Å². The molecular formula is C11H13N3O2S. The summed E-state index contributed by atoms with van der Waals surface area (Å²) in [6.45, 7) is 0.596. The lowest BCUT2D eigenvalue weighted by Crippen LogP contribution is -2.58. The average molecular weight is 251 g/mol. The summed E-state index contributed by atoms with van der Waals surface area (Å²) in [6.07, 6.45) is 2.09. The summed E-state index contributed by atoms with van der Waals surface area (Å²) < 4.78 is 0. The standard InChI is InChI=1S/C11H13N3O2S/c15-9-4-14(3-8-5-17-6-12-8)11(16)10(13-9)7-1-2-7/h5-7,10H,1-4H2,(H,13,15). The number of thiazole rings is 1. The molecule has 1 aliphatic heterocycles. The second kappa shape index (κ2) is 4.10. The Bertz CT molecular complexity index is 442. The SMILES string of the molecule is O=C1CN(Cc2cscn2)C(=O)C(C2CC2)N1. The monoisotopic (exact) mass is 251 g/mol. The summed E-state index contributed by atoms with van der Waals surface area (Å²) >= 11 is 1.50. The van der Waals surface area contributed by atoms with Crippen LogP contribution < -0.4 is 5.32 Å².